The maximum Gasteiger partial charge on any atom is 0.0653 e. The van der Waals surface area contributed by atoms with Gasteiger partial charge in [-0.05, 0) is 44.1 Å². The van der Waals surface area contributed by atoms with Gasteiger partial charge in [-0.1, -0.05) is 49.6 Å². The van der Waals surface area contributed by atoms with Crippen molar-refractivity contribution in [3.05, 3.63) is 35.4 Å². The predicted octanol–water partition coefficient (Wildman–Crippen LogP) is 3.87. The maximum atomic E-state index is 10.6. The molecule has 0 bridgehead atoms. The Hall–Kier alpha value is -0.820. The minimum absolute atomic E-state index is 0.400. The lowest BCUT2D eigenvalue weighted by molar-refractivity contribution is -0.0197. The highest BCUT2D eigenvalue weighted by atomic mass is 16.3. The average Bonchev–Trinajstić information content (AvgIpc) is 2.28. The van der Waals surface area contributed by atoms with E-state index in [9.17, 15) is 5.11 Å². The second kappa shape index (κ2) is 5.22. The summed E-state index contributed by atoms with van der Waals surface area (Å²) < 4.78 is 0. The van der Waals surface area contributed by atoms with E-state index in [4.69, 9.17) is 0 Å². The Balaban J connectivity index is 1.90. The van der Waals surface area contributed by atoms with E-state index in [1.54, 1.807) is 0 Å². The quantitative estimate of drug-likeness (QED) is 0.838. The van der Waals surface area contributed by atoms with Crippen LogP contribution in [0.1, 0.15) is 50.2 Å². The minimum atomic E-state index is -0.400. The van der Waals surface area contributed by atoms with Crippen LogP contribution in [0.15, 0.2) is 24.3 Å². The fraction of sp³-hybridized carbons (Fsp3) is 0.625. The Labute approximate surface area is 105 Å². The van der Waals surface area contributed by atoms with Gasteiger partial charge in [0.1, 0.15) is 0 Å². The zero-order valence-corrected chi connectivity index (χ0v) is 11.1. The normalized spacial score (nSPS) is 29.2. The van der Waals surface area contributed by atoms with Crippen LogP contribution in [-0.2, 0) is 6.42 Å². The second-order valence-corrected chi connectivity index (χ2v) is 5.91. The number of hydrogen-bond donors (Lipinski definition) is 1. The van der Waals surface area contributed by atoms with Gasteiger partial charge in [0.2, 0.25) is 0 Å². The van der Waals surface area contributed by atoms with Gasteiger partial charge >= 0.3 is 0 Å². The third-order valence-corrected chi connectivity index (χ3v) is 4.07. The summed E-state index contributed by atoms with van der Waals surface area (Å²) in [6.45, 7) is 4.37. The Bertz CT molecular complexity index is 354. The van der Waals surface area contributed by atoms with E-state index in [-0.39, 0.29) is 0 Å². The van der Waals surface area contributed by atoms with E-state index >= 15 is 0 Å². The summed E-state index contributed by atoms with van der Waals surface area (Å²) in [6, 6.07) is 8.68. The Kier molecular flexibility index (Phi) is 3.88. The number of benzene rings is 1. The third-order valence-electron chi connectivity index (χ3n) is 4.07. The SMILES string of the molecule is Cc1ccc(CCC2(O)CCCC(C)C2)cc1. The smallest absolute Gasteiger partial charge is 0.0653 e. The van der Waals surface area contributed by atoms with Gasteiger partial charge in [0.15, 0.2) is 0 Å². The summed E-state index contributed by atoms with van der Waals surface area (Å²) in [5, 5.41) is 10.6. The number of hydrogen-bond acceptors (Lipinski definition) is 1. The average molecular weight is 232 g/mol. The first-order valence-corrected chi connectivity index (χ1v) is 6.85. The number of aliphatic hydroxyl groups is 1. The van der Waals surface area contributed by atoms with E-state index in [0.29, 0.717) is 5.92 Å². The van der Waals surface area contributed by atoms with Crippen LogP contribution in [0.5, 0.6) is 0 Å². The van der Waals surface area contributed by atoms with E-state index in [1.807, 2.05) is 0 Å². The molecule has 1 aliphatic carbocycles. The van der Waals surface area contributed by atoms with Gasteiger partial charge in [0.25, 0.3) is 0 Å². The summed E-state index contributed by atoms with van der Waals surface area (Å²) in [4.78, 5) is 0. The summed E-state index contributed by atoms with van der Waals surface area (Å²) >= 11 is 0. The summed E-state index contributed by atoms with van der Waals surface area (Å²) in [5.74, 6) is 0.687. The van der Waals surface area contributed by atoms with Crippen LogP contribution in [-0.4, -0.2) is 10.7 Å². The van der Waals surface area contributed by atoms with Gasteiger partial charge in [-0.3, -0.25) is 0 Å². The minimum Gasteiger partial charge on any atom is -0.390 e. The van der Waals surface area contributed by atoms with Crippen LogP contribution in [0.25, 0.3) is 0 Å². The second-order valence-electron chi connectivity index (χ2n) is 5.91. The molecule has 0 heterocycles. The van der Waals surface area contributed by atoms with E-state index in [0.717, 1.165) is 25.7 Å². The molecule has 2 rings (SSSR count). The predicted molar refractivity (Wildman–Crippen MR) is 72.1 cm³/mol. The van der Waals surface area contributed by atoms with E-state index in [2.05, 4.69) is 38.1 Å². The van der Waals surface area contributed by atoms with Crippen molar-refractivity contribution in [1.29, 1.82) is 0 Å². The highest BCUT2D eigenvalue weighted by Gasteiger charge is 2.31. The fourth-order valence-corrected chi connectivity index (χ4v) is 2.99. The Morgan fingerprint density at radius 3 is 2.65 bits per heavy atom. The largest absolute Gasteiger partial charge is 0.390 e. The lowest BCUT2D eigenvalue weighted by atomic mass is 9.76. The molecule has 0 spiro atoms. The molecular weight excluding hydrogens is 208 g/mol. The van der Waals surface area contributed by atoms with Crippen LogP contribution in [0.2, 0.25) is 0 Å². The van der Waals surface area contributed by atoms with Gasteiger partial charge in [-0.2, -0.15) is 0 Å². The van der Waals surface area contributed by atoms with Crippen LogP contribution >= 0.6 is 0 Å². The molecule has 1 aromatic rings. The van der Waals surface area contributed by atoms with Crippen molar-refractivity contribution in [2.45, 2.75) is 58.0 Å². The molecule has 1 fully saturated rings. The summed E-state index contributed by atoms with van der Waals surface area (Å²) in [6.07, 6.45) is 6.37. The zero-order valence-electron chi connectivity index (χ0n) is 11.1. The van der Waals surface area contributed by atoms with Crippen LogP contribution < -0.4 is 0 Å². The molecule has 1 N–H and O–H groups in total. The first kappa shape index (κ1) is 12.6. The molecule has 0 aromatic heterocycles. The van der Waals surface area contributed by atoms with Crippen molar-refractivity contribution in [1.82, 2.24) is 0 Å². The molecule has 0 aliphatic heterocycles. The monoisotopic (exact) mass is 232 g/mol. The van der Waals surface area contributed by atoms with Crippen molar-refractivity contribution >= 4 is 0 Å². The molecular formula is C16H24O. The first-order chi connectivity index (χ1) is 8.07. The summed E-state index contributed by atoms with van der Waals surface area (Å²) in [7, 11) is 0. The lowest BCUT2D eigenvalue weighted by Gasteiger charge is -2.35. The molecule has 1 aliphatic rings. The van der Waals surface area contributed by atoms with E-state index < -0.39 is 5.60 Å². The molecule has 1 saturated carbocycles. The molecule has 1 nitrogen and oxygen atoms in total. The van der Waals surface area contributed by atoms with Gasteiger partial charge in [0.05, 0.1) is 5.60 Å². The highest BCUT2D eigenvalue weighted by molar-refractivity contribution is 5.21. The third kappa shape index (κ3) is 3.57. The van der Waals surface area contributed by atoms with Crippen molar-refractivity contribution in [2.75, 3.05) is 0 Å². The molecule has 94 valence electrons. The Morgan fingerprint density at radius 2 is 2.00 bits per heavy atom. The first-order valence-electron chi connectivity index (χ1n) is 6.85. The van der Waals surface area contributed by atoms with Gasteiger partial charge in [-0.25, -0.2) is 0 Å². The highest BCUT2D eigenvalue weighted by Crippen LogP contribution is 2.35. The van der Waals surface area contributed by atoms with E-state index in [1.165, 1.54) is 24.0 Å². The molecule has 2 atom stereocenters. The Morgan fingerprint density at radius 1 is 1.29 bits per heavy atom. The van der Waals surface area contributed by atoms with Crippen LogP contribution in [0.3, 0.4) is 0 Å². The van der Waals surface area contributed by atoms with Crippen LogP contribution in [0, 0.1) is 12.8 Å². The standard InChI is InChI=1S/C16H24O/c1-13-5-7-15(8-6-13)9-11-16(17)10-3-4-14(2)12-16/h5-8,14,17H,3-4,9-12H2,1-2H3. The van der Waals surface area contributed by atoms with Crippen molar-refractivity contribution in [2.24, 2.45) is 5.92 Å². The van der Waals surface area contributed by atoms with Gasteiger partial charge in [-0.15, -0.1) is 0 Å². The zero-order chi connectivity index (χ0) is 12.3. The summed E-state index contributed by atoms with van der Waals surface area (Å²) in [5.41, 5.74) is 2.25. The molecule has 0 radical (unpaired) electrons. The fourth-order valence-electron chi connectivity index (χ4n) is 2.99. The molecule has 0 saturated heterocycles. The topological polar surface area (TPSA) is 20.2 Å². The van der Waals surface area contributed by atoms with Crippen LogP contribution in [0.4, 0.5) is 0 Å². The molecule has 0 amide bonds. The molecule has 2 unspecified atom stereocenters. The number of rotatable bonds is 3. The lowest BCUT2D eigenvalue weighted by Crippen LogP contribution is -2.34. The van der Waals surface area contributed by atoms with Crippen molar-refractivity contribution in [3.8, 4) is 0 Å². The van der Waals surface area contributed by atoms with Gasteiger partial charge in [0, 0.05) is 0 Å². The van der Waals surface area contributed by atoms with Crippen molar-refractivity contribution in [3.63, 3.8) is 0 Å². The van der Waals surface area contributed by atoms with Gasteiger partial charge < -0.3 is 5.11 Å². The van der Waals surface area contributed by atoms with Crippen molar-refractivity contribution < 1.29 is 5.11 Å². The molecule has 1 aromatic carbocycles. The molecule has 17 heavy (non-hydrogen) atoms. The number of aryl methyl sites for hydroxylation is 2. The molecule has 1 heteroatoms. The maximum absolute atomic E-state index is 10.6.